The summed E-state index contributed by atoms with van der Waals surface area (Å²) < 4.78 is 5.73. The van der Waals surface area contributed by atoms with Gasteiger partial charge in [0, 0.05) is 25.2 Å². The molecule has 1 aliphatic rings. The molecule has 0 aromatic carbocycles. The van der Waals surface area contributed by atoms with Crippen molar-refractivity contribution < 1.29 is 9.53 Å². The van der Waals surface area contributed by atoms with Crippen LogP contribution in [0.1, 0.15) is 53.9 Å². The van der Waals surface area contributed by atoms with Crippen LogP contribution in [0.25, 0.3) is 0 Å². The predicted octanol–water partition coefficient (Wildman–Crippen LogP) is 1.51. The van der Waals surface area contributed by atoms with Gasteiger partial charge >= 0.3 is 0 Å². The van der Waals surface area contributed by atoms with Crippen molar-refractivity contribution in [2.45, 2.75) is 77.6 Å². The molecule has 1 saturated heterocycles. The molecule has 5 nitrogen and oxygen atoms in total. The first-order valence-electron chi connectivity index (χ1n) is 8.21. The van der Waals surface area contributed by atoms with Crippen molar-refractivity contribution in [1.82, 2.24) is 10.2 Å². The monoisotopic (exact) mass is 299 g/mol. The molecule has 3 N–H and O–H groups in total. The number of nitrogens with one attached hydrogen (secondary N) is 1. The molecule has 0 aromatic rings. The average molecular weight is 299 g/mol. The fraction of sp³-hybridized carbons (Fsp3) is 0.938. The molecule has 0 spiro atoms. The van der Waals surface area contributed by atoms with E-state index in [9.17, 15) is 4.79 Å². The van der Waals surface area contributed by atoms with Crippen LogP contribution in [0.15, 0.2) is 0 Å². The Morgan fingerprint density at radius 3 is 2.57 bits per heavy atom. The molecule has 1 aliphatic heterocycles. The molecule has 1 fully saturated rings. The number of hydrogen-bond donors (Lipinski definition) is 2. The van der Waals surface area contributed by atoms with Gasteiger partial charge in [-0.25, -0.2) is 0 Å². The third-order valence-corrected chi connectivity index (χ3v) is 4.35. The van der Waals surface area contributed by atoms with Gasteiger partial charge < -0.3 is 15.8 Å². The van der Waals surface area contributed by atoms with E-state index in [2.05, 4.69) is 24.1 Å². The van der Waals surface area contributed by atoms with Crippen LogP contribution >= 0.6 is 0 Å². The second-order valence-electron chi connectivity index (χ2n) is 6.77. The zero-order valence-electron chi connectivity index (χ0n) is 14.3. The van der Waals surface area contributed by atoms with Gasteiger partial charge in [0.15, 0.2) is 0 Å². The van der Waals surface area contributed by atoms with Gasteiger partial charge in [-0.3, -0.25) is 9.69 Å². The maximum atomic E-state index is 11.9. The summed E-state index contributed by atoms with van der Waals surface area (Å²) in [5, 5.41) is 3.33. The van der Waals surface area contributed by atoms with Gasteiger partial charge in [-0.05, 0) is 53.5 Å². The van der Waals surface area contributed by atoms with Crippen LogP contribution in [-0.4, -0.2) is 54.2 Å². The number of likely N-dealkylation sites (N-methyl/N-ethyl adjacent to an activating group) is 1. The molecule has 0 saturated carbocycles. The summed E-state index contributed by atoms with van der Waals surface area (Å²) >= 11 is 0. The van der Waals surface area contributed by atoms with E-state index in [1.807, 2.05) is 20.8 Å². The summed E-state index contributed by atoms with van der Waals surface area (Å²) in [7, 11) is 0. The first kappa shape index (κ1) is 18.4. The number of amides is 1. The summed E-state index contributed by atoms with van der Waals surface area (Å²) in [4.78, 5) is 14.3. The standard InChI is InChI=1S/C16H33N3O2/c1-6-19(11-14-8-7-9-21-14)13(4)10-16(5,15(17)20)18-12(2)3/h12-14,18H,6-11H2,1-5H3,(H2,17,20). The van der Waals surface area contributed by atoms with Crippen LogP contribution in [0.4, 0.5) is 0 Å². The van der Waals surface area contributed by atoms with Gasteiger partial charge in [-0.1, -0.05) is 6.92 Å². The Morgan fingerprint density at radius 1 is 1.48 bits per heavy atom. The molecule has 3 unspecified atom stereocenters. The highest BCUT2D eigenvalue weighted by atomic mass is 16.5. The van der Waals surface area contributed by atoms with Gasteiger partial charge in [0.25, 0.3) is 0 Å². The Labute approximate surface area is 129 Å². The second kappa shape index (κ2) is 8.11. The summed E-state index contributed by atoms with van der Waals surface area (Å²) in [6.07, 6.45) is 3.34. The van der Waals surface area contributed by atoms with E-state index in [-0.39, 0.29) is 18.0 Å². The van der Waals surface area contributed by atoms with Gasteiger partial charge in [-0.2, -0.15) is 0 Å². The lowest BCUT2D eigenvalue weighted by atomic mass is 9.91. The normalized spacial score (nSPS) is 23.5. The number of ether oxygens (including phenoxy) is 1. The van der Waals surface area contributed by atoms with Gasteiger partial charge in [0.2, 0.25) is 5.91 Å². The van der Waals surface area contributed by atoms with Gasteiger partial charge in [-0.15, -0.1) is 0 Å². The number of carbonyl (C=O) groups excluding carboxylic acids is 1. The molecular formula is C16H33N3O2. The van der Waals surface area contributed by atoms with Crippen LogP contribution in [0.5, 0.6) is 0 Å². The number of nitrogens with zero attached hydrogens (tertiary/aromatic N) is 1. The minimum Gasteiger partial charge on any atom is -0.377 e. The van der Waals surface area contributed by atoms with E-state index < -0.39 is 5.54 Å². The Kier molecular flexibility index (Phi) is 7.10. The van der Waals surface area contributed by atoms with Crippen molar-refractivity contribution in [3.63, 3.8) is 0 Å². The van der Waals surface area contributed by atoms with Crippen molar-refractivity contribution in [1.29, 1.82) is 0 Å². The van der Waals surface area contributed by atoms with Gasteiger partial charge in [0.05, 0.1) is 11.6 Å². The summed E-state index contributed by atoms with van der Waals surface area (Å²) in [6, 6.07) is 0.505. The molecule has 21 heavy (non-hydrogen) atoms. The molecule has 1 amide bonds. The second-order valence-corrected chi connectivity index (χ2v) is 6.77. The number of nitrogens with two attached hydrogens (primary N) is 1. The topological polar surface area (TPSA) is 67.6 Å². The van der Waals surface area contributed by atoms with E-state index in [4.69, 9.17) is 10.5 Å². The first-order chi connectivity index (χ1) is 9.78. The van der Waals surface area contributed by atoms with E-state index in [0.717, 1.165) is 32.5 Å². The van der Waals surface area contributed by atoms with Crippen LogP contribution in [0.2, 0.25) is 0 Å². The van der Waals surface area contributed by atoms with Crippen molar-refractivity contribution in [2.75, 3.05) is 19.7 Å². The van der Waals surface area contributed by atoms with Crippen molar-refractivity contribution in [3.8, 4) is 0 Å². The van der Waals surface area contributed by atoms with Crippen LogP contribution in [0.3, 0.4) is 0 Å². The van der Waals surface area contributed by atoms with Crippen molar-refractivity contribution >= 4 is 5.91 Å². The smallest absolute Gasteiger partial charge is 0.237 e. The molecule has 5 heteroatoms. The lowest BCUT2D eigenvalue weighted by Crippen LogP contribution is -2.58. The van der Waals surface area contributed by atoms with Crippen LogP contribution < -0.4 is 11.1 Å². The summed E-state index contributed by atoms with van der Waals surface area (Å²) in [5.74, 6) is -0.281. The van der Waals surface area contributed by atoms with Gasteiger partial charge in [0.1, 0.15) is 0 Å². The maximum Gasteiger partial charge on any atom is 0.237 e. The van der Waals surface area contributed by atoms with Crippen LogP contribution in [-0.2, 0) is 9.53 Å². The third-order valence-electron chi connectivity index (χ3n) is 4.35. The molecular weight excluding hydrogens is 266 g/mol. The number of carbonyl (C=O) groups is 1. The quantitative estimate of drug-likeness (QED) is 0.677. The fourth-order valence-corrected chi connectivity index (χ4v) is 3.26. The zero-order valence-corrected chi connectivity index (χ0v) is 14.3. The molecule has 0 bridgehead atoms. The molecule has 124 valence electrons. The summed E-state index contributed by atoms with van der Waals surface area (Å²) in [5.41, 5.74) is 4.96. The average Bonchev–Trinajstić information content (AvgIpc) is 2.87. The Bertz CT molecular complexity index is 329. The lowest BCUT2D eigenvalue weighted by Gasteiger charge is -2.37. The fourth-order valence-electron chi connectivity index (χ4n) is 3.26. The SMILES string of the molecule is CCN(CC1CCCO1)C(C)CC(C)(NC(C)C)C(N)=O. The molecule has 0 aromatic heterocycles. The summed E-state index contributed by atoms with van der Waals surface area (Å²) in [6.45, 7) is 13.1. The number of hydrogen-bond acceptors (Lipinski definition) is 4. The highest BCUT2D eigenvalue weighted by Crippen LogP contribution is 2.20. The largest absolute Gasteiger partial charge is 0.377 e. The molecule has 1 rings (SSSR count). The predicted molar refractivity (Wildman–Crippen MR) is 86.2 cm³/mol. The first-order valence-corrected chi connectivity index (χ1v) is 8.21. The Balaban J connectivity index is 2.64. The Hall–Kier alpha value is -0.650. The maximum absolute atomic E-state index is 11.9. The number of primary amides is 1. The molecule has 1 heterocycles. The van der Waals surface area contributed by atoms with E-state index >= 15 is 0 Å². The van der Waals surface area contributed by atoms with E-state index in [1.165, 1.54) is 0 Å². The third kappa shape index (κ3) is 5.57. The zero-order chi connectivity index (χ0) is 16.0. The van der Waals surface area contributed by atoms with Crippen molar-refractivity contribution in [2.24, 2.45) is 5.73 Å². The van der Waals surface area contributed by atoms with Crippen LogP contribution in [0, 0.1) is 0 Å². The molecule has 0 aliphatic carbocycles. The minimum atomic E-state index is -0.669. The minimum absolute atomic E-state index is 0.225. The lowest BCUT2D eigenvalue weighted by molar-refractivity contribution is -0.125. The van der Waals surface area contributed by atoms with E-state index in [1.54, 1.807) is 0 Å². The molecule has 3 atom stereocenters. The Morgan fingerprint density at radius 2 is 2.14 bits per heavy atom. The highest BCUT2D eigenvalue weighted by molar-refractivity contribution is 5.84. The van der Waals surface area contributed by atoms with E-state index in [0.29, 0.717) is 12.5 Å². The number of rotatable bonds is 9. The molecule has 0 radical (unpaired) electrons. The van der Waals surface area contributed by atoms with Crippen molar-refractivity contribution in [3.05, 3.63) is 0 Å². The highest BCUT2D eigenvalue weighted by Gasteiger charge is 2.35.